The minimum atomic E-state index is -4.07. The maximum Gasteiger partial charge on any atom is 0.260 e. The molecule has 90 valence electrons. The zero-order valence-corrected chi connectivity index (χ0v) is 9.17. The van der Waals surface area contributed by atoms with Gasteiger partial charge in [-0.1, -0.05) is 0 Å². The van der Waals surface area contributed by atoms with E-state index in [-0.39, 0.29) is 0 Å². The summed E-state index contributed by atoms with van der Waals surface area (Å²) in [4.78, 5) is 9.57. The van der Waals surface area contributed by atoms with Crippen LogP contribution in [-0.2, 0) is 9.30 Å². The molecule has 1 fully saturated rings. The van der Waals surface area contributed by atoms with Crippen molar-refractivity contribution in [2.75, 3.05) is 13.2 Å². The van der Waals surface area contributed by atoms with Crippen LogP contribution in [0.15, 0.2) is 0 Å². The molecule has 1 rings (SSSR count). The van der Waals surface area contributed by atoms with Crippen LogP contribution in [0, 0.1) is 0 Å². The molecule has 0 saturated carbocycles. The third-order valence-electron chi connectivity index (χ3n) is 2.50. The molecule has 0 aromatic rings. The van der Waals surface area contributed by atoms with Gasteiger partial charge in [-0.05, 0) is 6.92 Å². The maximum atomic E-state index is 11.7. The monoisotopic (exact) mass is 241 g/mol. The predicted molar refractivity (Wildman–Crippen MR) is 51.3 cm³/mol. The molecule has 0 amide bonds. The van der Waals surface area contributed by atoms with Gasteiger partial charge in [0.1, 0.15) is 0 Å². The molecule has 0 spiro atoms. The Hall–Kier alpha value is -0.0100. The highest BCUT2D eigenvalue weighted by molar-refractivity contribution is 7.59. The van der Waals surface area contributed by atoms with Gasteiger partial charge >= 0.3 is 0 Å². The van der Waals surface area contributed by atoms with Crippen molar-refractivity contribution in [1.29, 1.82) is 0 Å². The molecule has 7 nitrogen and oxygen atoms in total. The van der Waals surface area contributed by atoms with E-state index in [0.717, 1.165) is 0 Å². The first-order chi connectivity index (χ1) is 6.79. The number of ether oxygens (including phenoxy) is 1. The zero-order chi connectivity index (χ0) is 11.9. The van der Waals surface area contributed by atoms with Crippen molar-refractivity contribution < 1.29 is 29.5 Å². The molecule has 4 atom stereocenters. The highest BCUT2D eigenvalue weighted by atomic mass is 31.2. The van der Waals surface area contributed by atoms with E-state index in [4.69, 9.17) is 20.7 Å². The summed E-state index contributed by atoms with van der Waals surface area (Å²) in [5.41, 5.74) is 3.51. The molecule has 15 heavy (non-hydrogen) atoms. The number of epoxide rings is 1. The smallest absolute Gasteiger partial charge is 0.260 e. The first-order valence-electron chi connectivity index (χ1n) is 4.46. The van der Waals surface area contributed by atoms with Crippen molar-refractivity contribution in [3.63, 3.8) is 0 Å². The summed E-state index contributed by atoms with van der Waals surface area (Å²) < 4.78 is 16.5. The molecule has 1 aliphatic rings. The van der Waals surface area contributed by atoms with Gasteiger partial charge in [0.2, 0.25) is 0 Å². The number of hydrogen-bond acceptors (Lipinski definition) is 6. The standard InChI is InChI=1S/C7H16NO6P/c1-4-5(14-4)15(12,13)6(11)7(8,2-9)3-10/h4-6,9-11H,2-3,8H2,1H3,(H,12,13)/t4?,5-,6?/m1/s1. The van der Waals surface area contributed by atoms with Crippen LogP contribution < -0.4 is 5.73 Å². The second-order valence-electron chi connectivity index (χ2n) is 3.83. The normalized spacial score (nSPS) is 32.1. The third kappa shape index (κ3) is 2.24. The van der Waals surface area contributed by atoms with E-state index < -0.39 is 43.9 Å². The third-order valence-corrected chi connectivity index (χ3v) is 4.98. The van der Waals surface area contributed by atoms with Crippen molar-refractivity contribution in [3.8, 4) is 0 Å². The Morgan fingerprint density at radius 3 is 2.20 bits per heavy atom. The fraction of sp³-hybridized carbons (Fsp3) is 1.00. The Balaban J connectivity index is 2.83. The van der Waals surface area contributed by atoms with E-state index in [1.807, 2.05) is 0 Å². The zero-order valence-electron chi connectivity index (χ0n) is 8.28. The predicted octanol–water partition coefficient (Wildman–Crippen LogP) is -2.00. The van der Waals surface area contributed by atoms with E-state index >= 15 is 0 Å². The van der Waals surface area contributed by atoms with E-state index in [2.05, 4.69) is 0 Å². The van der Waals surface area contributed by atoms with E-state index in [1.165, 1.54) is 0 Å². The second kappa shape index (κ2) is 4.10. The molecule has 1 heterocycles. The van der Waals surface area contributed by atoms with Crippen LogP contribution in [-0.4, -0.2) is 56.8 Å². The van der Waals surface area contributed by atoms with Crippen molar-refractivity contribution in [2.24, 2.45) is 5.73 Å². The van der Waals surface area contributed by atoms with Gasteiger partial charge in [0.15, 0.2) is 11.7 Å². The average Bonchev–Trinajstić information content (AvgIpc) is 2.94. The van der Waals surface area contributed by atoms with Crippen molar-refractivity contribution in [2.45, 2.75) is 30.3 Å². The maximum absolute atomic E-state index is 11.7. The molecule has 0 aromatic carbocycles. The van der Waals surface area contributed by atoms with E-state index in [0.29, 0.717) is 0 Å². The molecule has 0 radical (unpaired) electrons. The van der Waals surface area contributed by atoms with Gasteiger partial charge in [0, 0.05) is 0 Å². The Morgan fingerprint density at radius 2 is 1.93 bits per heavy atom. The first-order valence-corrected chi connectivity index (χ1v) is 6.25. The molecule has 0 aliphatic carbocycles. The molecular weight excluding hydrogens is 225 g/mol. The van der Waals surface area contributed by atoms with Crippen LogP contribution in [0.25, 0.3) is 0 Å². The van der Waals surface area contributed by atoms with Crippen LogP contribution in [0.3, 0.4) is 0 Å². The van der Waals surface area contributed by atoms with Gasteiger partial charge in [-0.25, -0.2) is 0 Å². The van der Waals surface area contributed by atoms with Crippen LogP contribution in [0.2, 0.25) is 0 Å². The minimum absolute atomic E-state index is 0.419. The van der Waals surface area contributed by atoms with Gasteiger partial charge in [0.05, 0.1) is 24.9 Å². The molecule has 6 N–H and O–H groups in total. The van der Waals surface area contributed by atoms with Crippen LogP contribution >= 0.6 is 7.37 Å². The summed E-state index contributed by atoms with van der Waals surface area (Å²) in [6, 6.07) is 0. The summed E-state index contributed by atoms with van der Waals surface area (Å²) in [5, 5.41) is 27.3. The quantitative estimate of drug-likeness (QED) is 0.277. The second-order valence-corrected chi connectivity index (χ2v) is 6.17. The summed E-state index contributed by atoms with van der Waals surface area (Å²) in [7, 11) is -4.07. The van der Waals surface area contributed by atoms with E-state index in [9.17, 15) is 14.6 Å². The summed E-state index contributed by atoms with van der Waals surface area (Å²) in [6.45, 7) is -0.0109. The first kappa shape index (κ1) is 13.1. The number of nitrogens with two attached hydrogens (primary N) is 1. The van der Waals surface area contributed by atoms with Crippen molar-refractivity contribution in [3.05, 3.63) is 0 Å². The fourth-order valence-electron chi connectivity index (χ4n) is 1.28. The lowest BCUT2D eigenvalue weighted by molar-refractivity contribution is 0.0412. The highest BCUT2D eigenvalue weighted by Gasteiger charge is 2.57. The number of aliphatic hydroxyl groups excluding tert-OH is 3. The highest BCUT2D eigenvalue weighted by Crippen LogP contribution is 2.60. The van der Waals surface area contributed by atoms with Gasteiger partial charge in [-0.15, -0.1) is 0 Å². The largest absolute Gasteiger partial charge is 0.394 e. The fourth-order valence-corrected chi connectivity index (χ4v) is 3.43. The Kier molecular flexibility index (Phi) is 3.57. The molecule has 3 unspecified atom stereocenters. The lowest BCUT2D eigenvalue weighted by Crippen LogP contribution is -2.57. The summed E-state index contributed by atoms with van der Waals surface area (Å²) >= 11 is 0. The Morgan fingerprint density at radius 1 is 1.53 bits per heavy atom. The Bertz CT molecular complexity index is 281. The van der Waals surface area contributed by atoms with E-state index in [1.54, 1.807) is 6.92 Å². The van der Waals surface area contributed by atoms with Gasteiger partial charge in [-0.2, -0.15) is 0 Å². The lowest BCUT2D eigenvalue weighted by atomic mass is 10.1. The lowest BCUT2D eigenvalue weighted by Gasteiger charge is -2.32. The molecule has 1 aliphatic heterocycles. The molecule has 0 aromatic heterocycles. The van der Waals surface area contributed by atoms with Crippen LogP contribution in [0.5, 0.6) is 0 Å². The molecule has 1 saturated heterocycles. The number of rotatable bonds is 5. The number of hydrogen-bond donors (Lipinski definition) is 5. The molecule has 0 bridgehead atoms. The molecule has 8 heteroatoms. The van der Waals surface area contributed by atoms with Crippen LogP contribution in [0.4, 0.5) is 0 Å². The Labute approximate surface area is 86.9 Å². The van der Waals surface area contributed by atoms with Crippen LogP contribution in [0.1, 0.15) is 6.92 Å². The minimum Gasteiger partial charge on any atom is -0.394 e. The number of aliphatic hydroxyl groups is 3. The summed E-state index contributed by atoms with van der Waals surface area (Å²) in [5.74, 6) is -2.87. The van der Waals surface area contributed by atoms with Crippen molar-refractivity contribution in [1.82, 2.24) is 0 Å². The van der Waals surface area contributed by atoms with Gasteiger partial charge in [0.25, 0.3) is 7.37 Å². The van der Waals surface area contributed by atoms with Gasteiger partial charge < -0.3 is 30.7 Å². The van der Waals surface area contributed by atoms with Crippen molar-refractivity contribution >= 4 is 7.37 Å². The van der Waals surface area contributed by atoms with Gasteiger partial charge in [-0.3, -0.25) is 4.57 Å². The topological polar surface area (TPSA) is 137 Å². The molecular formula is C7H16NO6P. The average molecular weight is 241 g/mol. The summed E-state index contributed by atoms with van der Waals surface area (Å²) in [6.07, 6.45) is -0.419. The SMILES string of the molecule is CC1O[C@@H]1P(=O)(O)C(O)C(N)(CO)CO.